The molecule has 3 amide bonds. The van der Waals surface area contributed by atoms with Crippen molar-refractivity contribution in [1.82, 2.24) is 29.7 Å². The molecule has 1 saturated carbocycles. The summed E-state index contributed by atoms with van der Waals surface area (Å²) in [6.45, 7) is 6.27. The molecule has 1 N–H and O–H groups in total. The quantitative estimate of drug-likeness (QED) is 0.508. The Morgan fingerprint density at radius 3 is 2.62 bits per heavy atom. The van der Waals surface area contributed by atoms with Gasteiger partial charge in [-0.25, -0.2) is 19.7 Å². The SMILES string of the molecule is Cn1c(N2CCC(=O)NC2=O)cnc1-c1ccc2c(n1)C(C)(C)N(Cc1ccc(OC3CCCCC3)nc1)C2. The molecule has 0 radical (unpaired) electrons. The zero-order valence-electron chi connectivity index (χ0n) is 22.8. The van der Waals surface area contributed by atoms with Gasteiger partial charge >= 0.3 is 6.03 Å². The van der Waals surface area contributed by atoms with Crippen molar-refractivity contribution in [2.45, 2.75) is 77.1 Å². The highest BCUT2D eigenvalue weighted by Crippen LogP contribution is 2.40. The lowest BCUT2D eigenvalue weighted by Crippen LogP contribution is -2.50. The van der Waals surface area contributed by atoms with E-state index in [0.29, 0.717) is 30.2 Å². The van der Waals surface area contributed by atoms with Crippen LogP contribution in [0.25, 0.3) is 11.5 Å². The van der Waals surface area contributed by atoms with Crippen LogP contribution in [0.2, 0.25) is 0 Å². The van der Waals surface area contributed by atoms with Crippen molar-refractivity contribution in [3.05, 3.63) is 53.5 Å². The average Bonchev–Trinajstić information content (AvgIpc) is 3.42. The number of ether oxygens (including phenoxy) is 1. The van der Waals surface area contributed by atoms with Gasteiger partial charge in [0.1, 0.15) is 17.6 Å². The topological polar surface area (TPSA) is 105 Å². The van der Waals surface area contributed by atoms with Gasteiger partial charge in [-0.3, -0.25) is 19.9 Å². The Kier molecular flexibility index (Phi) is 6.58. The number of hydrogen-bond donors (Lipinski definition) is 1. The molecule has 39 heavy (non-hydrogen) atoms. The summed E-state index contributed by atoms with van der Waals surface area (Å²) in [5, 5.41) is 2.37. The largest absolute Gasteiger partial charge is 0.474 e. The number of nitrogens with zero attached hydrogens (tertiary/aromatic N) is 6. The maximum absolute atomic E-state index is 12.4. The molecule has 3 aromatic heterocycles. The fraction of sp³-hybridized carbons (Fsp3) is 0.483. The standard InChI is InChI=1S/C29H35N7O3/c1-29(2)26-20(18-35(29)17-19-9-12-24(30-15-19)39-21-7-5-4-6-8-21)10-11-22(32-26)27-31-16-25(34(27)3)36-14-13-23(37)33-28(36)38/h9-12,15-16,21H,4-8,13-14,17-18H2,1-3H3,(H,33,37,38). The summed E-state index contributed by atoms with van der Waals surface area (Å²) in [6.07, 6.45) is 10.2. The summed E-state index contributed by atoms with van der Waals surface area (Å²) >= 11 is 0. The zero-order valence-corrected chi connectivity index (χ0v) is 22.8. The number of fused-ring (bicyclic) bond motifs is 1. The lowest BCUT2D eigenvalue weighted by molar-refractivity contribution is -0.120. The molecule has 5 heterocycles. The van der Waals surface area contributed by atoms with E-state index in [1.54, 1.807) is 6.20 Å². The van der Waals surface area contributed by atoms with Crippen LogP contribution < -0.4 is 15.0 Å². The van der Waals surface area contributed by atoms with Crippen molar-refractivity contribution in [3.8, 4) is 17.4 Å². The van der Waals surface area contributed by atoms with Crippen LogP contribution in [0.15, 0.2) is 36.7 Å². The third kappa shape index (κ3) is 4.89. The maximum atomic E-state index is 12.4. The lowest BCUT2D eigenvalue weighted by atomic mass is 9.98. The average molecular weight is 530 g/mol. The predicted octanol–water partition coefficient (Wildman–Crippen LogP) is 4.29. The Hall–Kier alpha value is -3.79. The van der Waals surface area contributed by atoms with E-state index in [4.69, 9.17) is 9.72 Å². The molecule has 2 fully saturated rings. The number of nitrogens with one attached hydrogen (secondary N) is 1. The molecule has 0 atom stereocenters. The molecular formula is C29H35N7O3. The van der Waals surface area contributed by atoms with E-state index in [-0.39, 0.29) is 17.9 Å². The molecule has 10 nitrogen and oxygen atoms in total. The van der Waals surface area contributed by atoms with Gasteiger partial charge in [-0.05, 0) is 56.7 Å². The van der Waals surface area contributed by atoms with E-state index < -0.39 is 6.03 Å². The zero-order chi connectivity index (χ0) is 27.1. The highest BCUT2D eigenvalue weighted by atomic mass is 16.5. The number of rotatable bonds is 6. The maximum Gasteiger partial charge on any atom is 0.329 e. The van der Waals surface area contributed by atoms with E-state index >= 15 is 0 Å². The first-order valence-corrected chi connectivity index (χ1v) is 13.8. The molecule has 1 aliphatic carbocycles. The van der Waals surface area contributed by atoms with Crippen molar-refractivity contribution in [2.24, 2.45) is 7.05 Å². The number of aromatic nitrogens is 4. The van der Waals surface area contributed by atoms with Crippen LogP contribution in [0.1, 0.15) is 69.2 Å². The highest BCUT2D eigenvalue weighted by Gasteiger charge is 2.39. The second kappa shape index (κ2) is 10.1. The van der Waals surface area contributed by atoms with E-state index in [9.17, 15) is 9.59 Å². The molecule has 0 unspecified atom stereocenters. The van der Waals surface area contributed by atoms with E-state index in [1.165, 1.54) is 29.7 Å². The molecule has 0 spiro atoms. The van der Waals surface area contributed by atoms with Gasteiger partial charge in [-0.1, -0.05) is 18.6 Å². The number of hydrogen-bond acceptors (Lipinski definition) is 7. The first-order chi connectivity index (χ1) is 18.8. The monoisotopic (exact) mass is 529 g/mol. The minimum absolute atomic E-state index is 0.259. The van der Waals surface area contributed by atoms with Crippen molar-refractivity contribution >= 4 is 17.8 Å². The number of imide groups is 1. The molecule has 10 heteroatoms. The fourth-order valence-corrected chi connectivity index (χ4v) is 5.90. The third-order valence-corrected chi connectivity index (χ3v) is 8.24. The summed E-state index contributed by atoms with van der Waals surface area (Å²) in [5.41, 5.74) is 3.81. The molecule has 1 saturated heterocycles. The van der Waals surface area contributed by atoms with Crippen LogP contribution in [0.5, 0.6) is 5.88 Å². The smallest absolute Gasteiger partial charge is 0.329 e. The summed E-state index contributed by atoms with van der Waals surface area (Å²) in [7, 11) is 1.86. The molecule has 204 valence electrons. The molecule has 6 rings (SSSR count). The number of carbonyl (C=O) groups is 2. The van der Waals surface area contributed by atoms with Crippen LogP contribution in [-0.2, 0) is 30.5 Å². The van der Waals surface area contributed by atoms with Gasteiger partial charge < -0.3 is 9.30 Å². The van der Waals surface area contributed by atoms with Gasteiger partial charge in [0.2, 0.25) is 11.8 Å². The Morgan fingerprint density at radius 2 is 1.87 bits per heavy atom. The summed E-state index contributed by atoms with van der Waals surface area (Å²) < 4.78 is 7.96. The molecule has 0 bridgehead atoms. The summed E-state index contributed by atoms with van der Waals surface area (Å²) in [4.78, 5) is 42.1. The van der Waals surface area contributed by atoms with E-state index in [2.05, 4.69) is 46.2 Å². The number of urea groups is 1. The first kappa shape index (κ1) is 25.5. The Morgan fingerprint density at radius 1 is 1.05 bits per heavy atom. The first-order valence-electron chi connectivity index (χ1n) is 13.8. The Bertz CT molecular complexity index is 1390. The molecule has 0 aromatic carbocycles. The predicted molar refractivity (Wildman–Crippen MR) is 146 cm³/mol. The number of anilines is 1. The highest BCUT2D eigenvalue weighted by molar-refractivity contribution is 6.05. The van der Waals surface area contributed by atoms with Crippen molar-refractivity contribution in [3.63, 3.8) is 0 Å². The van der Waals surface area contributed by atoms with Gasteiger partial charge in [0.05, 0.1) is 17.4 Å². The molecule has 3 aromatic rings. The lowest BCUT2D eigenvalue weighted by Gasteiger charge is -2.31. The van der Waals surface area contributed by atoms with Crippen LogP contribution in [0.4, 0.5) is 10.6 Å². The normalized spacial score (nSPS) is 19.7. The van der Waals surface area contributed by atoms with Crippen LogP contribution in [0.3, 0.4) is 0 Å². The molecule has 3 aliphatic rings. The van der Waals surface area contributed by atoms with Crippen molar-refractivity contribution in [1.29, 1.82) is 0 Å². The third-order valence-electron chi connectivity index (χ3n) is 8.24. The molecule has 2 aliphatic heterocycles. The van der Waals surface area contributed by atoms with Crippen LogP contribution in [0, 0.1) is 0 Å². The Balaban J connectivity index is 1.17. The van der Waals surface area contributed by atoms with E-state index in [1.807, 2.05) is 29.9 Å². The van der Waals surface area contributed by atoms with Gasteiger partial charge in [0.25, 0.3) is 0 Å². The Labute approximate surface area is 228 Å². The van der Waals surface area contributed by atoms with Crippen molar-refractivity contribution < 1.29 is 14.3 Å². The summed E-state index contributed by atoms with van der Waals surface area (Å²) in [5.74, 6) is 1.75. The minimum Gasteiger partial charge on any atom is -0.474 e. The molecular weight excluding hydrogens is 494 g/mol. The fourth-order valence-electron chi connectivity index (χ4n) is 5.90. The summed E-state index contributed by atoms with van der Waals surface area (Å²) in [6, 6.07) is 7.79. The van der Waals surface area contributed by atoms with Gasteiger partial charge in [0, 0.05) is 45.4 Å². The number of amides is 3. The second-order valence-electron chi connectivity index (χ2n) is 11.3. The van der Waals surface area contributed by atoms with Gasteiger partial charge in [-0.15, -0.1) is 0 Å². The van der Waals surface area contributed by atoms with Crippen LogP contribution in [-0.4, -0.2) is 49.0 Å². The number of imidazole rings is 1. The van der Waals surface area contributed by atoms with E-state index in [0.717, 1.165) is 42.9 Å². The minimum atomic E-state index is -0.428. The second-order valence-corrected chi connectivity index (χ2v) is 11.3. The van der Waals surface area contributed by atoms with Gasteiger partial charge in [-0.2, -0.15) is 0 Å². The van der Waals surface area contributed by atoms with Crippen molar-refractivity contribution in [2.75, 3.05) is 11.4 Å². The number of pyridine rings is 2. The van der Waals surface area contributed by atoms with Crippen LogP contribution >= 0.6 is 0 Å². The number of carbonyl (C=O) groups excluding carboxylic acids is 2. The van der Waals surface area contributed by atoms with Gasteiger partial charge in [0.15, 0.2) is 5.82 Å².